The second-order valence-corrected chi connectivity index (χ2v) is 6.51. The predicted octanol–water partition coefficient (Wildman–Crippen LogP) is 3.61. The Balaban J connectivity index is 2.14. The minimum Gasteiger partial charge on any atom is -0.497 e. The zero-order chi connectivity index (χ0) is 18.0. The zero-order valence-corrected chi connectivity index (χ0v) is 15.2. The molecule has 3 rings (SSSR count). The number of nitrogens with zero attached hydrogens (tertiary/aromatic N) is 1. The van der Waals surface area contributed by atoms with Gasteiger partial charge in [0.2, 0.25) is 0 Å². The van der Waals surface area contributed by atoms with Crippen molar-refractivity contribution in [3.63, 3.8) is 0 Å². The molecule has 6 heteroatoms. The Morgan fingerprint density at radius 2 is 1.92 bits per heavy atom. The maximum Gasteiger partial charge on any atom is 0.344 e. The van der Waals surface area contributed by atoms with Crippen molar-refractivity contribution in [2.45, 2.75) is 20.4 Å². The molecule has 2 aromatic heterocycles. The van der Waals surface area contributed by atoms with Gasteiger partial charge in [0.15, 0.2) is 0 Å². The van der Waals surface area contributed by atoms with Crippen LogP contribution in [0.25, 0.3) is 10.2 Å². The van der Waals surface area contributed by atoms with Gasteiger partial charge in [0.1, 0.15) is 11.3 Å². The molecule has 0 saturated heterocycles. The molecule has 1 aromatic carbocycles. The highest BCUT2D eigenvalue weighted by molar-refractivity contribution is 7.17. The van der Waals surface area contributed by atoms with E-state index in [0.717, 1.165) is 21.5 Å². The Hall–Kier alpha value is -2.60. The first-order valence-electron chi connectivity index (χ1n) is 7.97. The number of hydrogen-bond donors (Lipinski definition) is 0. The van der Waals surface area contributed by atoms with Gasteiger partial charge in [-0.05, 0) is 48.6 Å². The summed E-state index contributed by atoms with van der Waals surface area (Å²) >= 11 is 1.52. The SMILES string of the molecule is CCOC(=O)c1c(C)c2sccc2n(Cc2ccc(OC)cc2)c1=O. The number of methoxy groups -OCH3 is 1. The predicted molar refractivity (Wildman–Crippen MR) is 98.9 cm³/mol. The first-order valence-corrected chi connectivity index (χ1v) is 8.85. The molecular formula is C19H19NO4S. The van der Waals surface area contributed by atoms with Gasteiger partial charge < -0.3 is 14.0 Å². The van der Waals surface area contributed by atoms with Gasteiger partial charge in [-0.15, -0.1) is 11.3 Å². The fourth-order valence-corrected chi connectivity index (χ4v) is 3.74. The summed E-state index contributed by atoms with van der Waals surface area (Å²) in [6.07, 6.45) is 0. The summed E-state index contributed by atoms with van der Waals surface area (Å²) in [5, 5.41) is 1.93. The van der Waals surface area contributed by atoms with Gasteiger partial charge in [-0.25, -0.2) is 4.79 Å². The van der Waals surface area contributed by atoms with Gasteiger partial charge >= 0.3 is 5.97 Å². The van der Waals surface area contributed by atoms with E-state index >= 15 is 0 Å². The van der Waals surface area contributed by atoms with Gasteiger partial charge in [-0.3, -0.25) is 4.79 Å². The summed E-state index contributed by atoms with van der Waals surface area (Å²) in [5.41, 5.74) is 2.26. The number of thiophene rings is 1. The summed E-state index contributed by atoms with van der Waals surface area (Å²) in [6, 6.07) is 9.44. The van der Waals surface area contributed by atoms with Crippen molar-refractivity contribution in [3.05, 3.63) is 62.8 Å². The van der Waals surface area contributed by atoms with Gasteiger partial charge in [0.25, 0.3) is 5.56 Å². The lowest BCUT2D eigenvalue weighted by molar-refractivity contribution is 0.0523. The second kappa shape index (κ2) is 7.11. The van der Waals surface area contributed by atoms with E-state index in [-0.39, 0.29) is 17.7 Å². The van der Waals surface area contributed by atoms with Gasteiger partial charge in [0.05, 0.1) is 30.5 Å². The Morgan fingerprint density at radius 3 is 2.56 bits per heavy atom. The van der Waals surface area contributed by atoms with Crippen LogP contribution in [0.3, 0.4) is 0 Å². The van der Waals surface area contributed by atoms with E-state index in [1.54, 1.807) is 25.5 Å². The number of esters is 1. The summed E-state index contributed by atoms with van der Waals surface area (Å²) in [7, 11) is 1.61. The van der Waals surface area contributed by atoms with Crippen LogP contribution in [-0.2, 0) is 11.3 Å². The zero-order valence-electron chi connectivity index (χ0n) is 14.4. The van der Waals surface area contributed by atoms with E-state index in [4.69, 9.17) is 9.47 Å². The molecule has 3 aromatic rings. The fourth-order valence-electron chi connectivity index (χ4n) is 2.83. The van der Waals surface area contributed by atoms with E-state index in [9.17, 15) is 9.59 Å². The first-order chi connectivity index (χ1) is 12.1. The van der Waals surface area contributed by atoms with E-state index in [2.05, 4.69) is 0 Å². The molecule has 5 nitrogen and oxygen atoms in total. The van der Waals surface area contributed by atoms with Crippen molar-refractivity contribution in [2.24, 2.45) is 0 Å². The molecule has 0 N–H and O–H groups in total. The molecule has 0 unspecified atom stereocenters. The lowest BCUT2D eigenvalue weighted by Gasteiger charge is -2.13. The van der Waals surface area contributed by atoms with Crippen LogP contribution in [0.5, 0.6) is 5.75 Å². The van der Waals surface area contributed by atoms with Gasteiger partial charge in [-0.2, -0.15) is 0 Å². The topological polar surface area (TPSA) is 57.5 Å². The number of pyridine rings is 1. The Labute approximate surface area is 149 Å². The molecule has 2 heterocycles. The highest BCUT2D eigenvalue weighted by atomic mass is 32.1. The van der Waals surface area contributed by atoms with Crippen molar-refractivity contribution in [3.8, 4) is 5.75 Å². The normalized spacial score (nSPS) is 10.8. The van der Waals surface area contributed by atoms with Crippen molar-refractivity contribution in [1.29, 1.82) is 0 Å². The minimum atomic E-state index is -0.566. The van der Waals surface area contributed by atoms with Gasteiger partial charge in [0, 0.05) is 0 Å². The monoisotopic (exact) mass is 357 g/mol. The molecule has 0 aliphatic heterocycles. The van der Waals surface area contributed by atoms with E-state index < -0.39 is 5.97 Å². The van der Waals surface area contributed by atoms with Crippen LogP contribution in [0.4, 0.5) is 0 Å². The molecule has 0 spiro atoms. The summed E-state index contributed by atoms with van der Waals surface area (Å²) in [6.45, 7) is 4.14. The van der Waals surface area contributed by atoms with E-state index in [0.29, 0.717) is 12.1 Å². The second-order valence-electron chi connectivity index (χ2n) is 5.59. The quantitative estimate of drug-likeness (QED) is 0.655. The van der Waals surface area contributed by atoms with Crippen molar-refractivity contribution < 1.29 is 14.3 Å². The molecule has 130 valence electrons. The molecule has 0 fully saturated rings. The van der Waals surface area contributed by atoms with Crippen LogP contribution < -0.4 is 10.3 Å². The number of carbonyl (C=O) groups excluding carboxylic acids is 1. The highest BCUT2D eigenvalue weighted by Crippen LogP contribution is 2.26. The number of aromatic nitrogens is 1. The number of hydrogen-bond acceptors (Lipinski definition) is 5. The molecular weight excluding hydrogens is 338 g/mol. The Bertz CT molecular complexity index is 969. The molecule has 0 aliphatic rings. The standard InChI is InChI=1S/C19H19NO4S/c1-4-24-19(22)16-12(2)17-15(9-10-25-17)20(18(16)21)11-13-5-7-14(23-3)8-6-13/h5-10H,4,11H2,1-3H3. The Kier molecular flexibility index (Phi) is 4.90. The molecule has 0 bridgehead atoms. The summed E-state index contributed by atoms with van der Waals surface area (Å²) < 4.78 is 12.8. The van der Waals surface area contributed by atoms with E-state index in [1.165, 1.54) is 11.3 Å². The lowest BCUT2D eigenvalue weighted by Crippen LogP contribution is -2.29. The largest absolute Gasteiger partial charge is 0.497 e. The molecule has 0 amide bonds. The van der Waals surface area contributed by atoms with Crippen LogP contribution in [0, 0.1) is 6.92 Å². The number of benzene rings is 1. The average molecular weight is 357 g/mol. The van der Waals surface area contributed by atoms with Crippen molar-refractivity contribution >= 4 is 27.5 Å². The third kappa shape index (κ3) is 3.17. The molecule has 0 radical (unpaired) electrons. The molecule has 25 heavy (non-hydrogen) atoms. The van der Waals surface area contributed by atoms with E-state index in [1.807, 2.05) is 35.7 Å². The van der Waals surface area contributed by atoms with Crippen LogP contribution >= 0.6 is 11.3 Å². The fraction of sp³-hybridized carbons (Fsp3) is 0.263. The van der Waals surface area contributed by atoms with Crippen LogP contribution in [-0.4, -0.2) is 24.3 Å². The number of fused-ring (bicyclic) bond motifs is 1. The van der Waals surface area contributed by atoms with Crippen LogP contribution in [0.2, 0.25) is 0 Å². The summed E-state index contributed by atoms with van der Waals surface area (Å²) in [5.74, 6) is 0.191. The number of carbonyl (C=O) groups is 1. The van der Waals surface area contributed by atoms with Crippen molar-refractivity contribution in [2.75, 3.05) is 13.7 Å². The summed E-state index contributed by atoms with van der Waals surface area (Å²) in [4.78, 5) is 25.3. The smallest absolute Gasteiger partial charge is 0.344 e. The number of aryl methyl sites for hydroxylation is 1. The van der Waals surface area contributed by atoms with Crippen LogP contribution in [0.15, 0.2) is 40.5 Å². The highest BCUT2D eigenvalue weighted by Gasteiger charge is 2.21. The third-order valence-electron chi connectivity index (χ3n) is 4.09. The van der Waals surface area contributed by atoms with Gasteiger partial charge in [-0.1, -0.05) is 12.1 Å². The molecule has 0 saturated carbocycles. The number of rotatable bonds is 5. The van der Waals surface area contributed by atoms with Crippen molar-refractivity contribution in [1.82, 2.24) is 4.57 Å². The average Bonchev–Trinajstić information content (AvgIpc) is 3.09. The Morgan fingerprint density at radius 1 is 1.20 bits per heavy atom. The maximum absolute atomic E-state index is 13.0. The molecule has 0 aliphatic carbocycles. The lowest BCUT2D eigenvalue weighted by atomic mass is 10.1. The molecule has 0 atom stereocenters. The maximum atomic E-state index is 13.0. The number of ether oxygens (including phenoxy) is 2. The van der Waals surface area contributed by atoms with Crippen LogP contribution in [0.1, 0.15) is 28.4 Å². The first kappa shape index (κ1) is 17.2. The minimum absolute atomic E-state index is 0.116. The third-order valence-corrected chi connectivity index (χ3v) is 5.11.